The molecular weight excluding hydrogens is 504 g/mol. The Kier molecular flexibility index (Phi) is 9.37. The van der Waals surface area contributed by atoms with Crippen LogP contribution < -0.4 is 9.47 Å². The van der Waals surface area contributed by atoms with E-state index in [1.807, 2.05) is 47.4 Å². The van der Waals surface area contributed by atoms with Crippen LogP contribution in [0.3, 0.4) is 0 Å². The van der Waals surface area contributed by atoms with E-state index in [2.05, 4.69) is 29.2 Å². The lowest BCUT2D eigenvalue weighted by molar-refractivity contribution is 0.0628. The van der Waals surface area contributed by atoms with E-state index in [9.17, 15) is 9.90 Å². The molecule has 3 aromatic rings. The lowest BCUT2D eigenvalue weighted by atomic mass is 9.82. The Balaban J connectivity index is 1.14. The van der Waals surface area contributed by atoms with Crippen LogP contribution in [-0.2, 0) is 17.9 Å². The van der Waals surface area contributed by atoms with Crippen LogP contribution in [0.25, 0.3) is 0 Å². The molecule has 7 nitrogen and oxygen atoms in total. The molecule has 1 N–H and O–H groups in total. The number of carbonyl (C=O) groups excluding carboxylic acids is 1. The molecule has 7 heteroatoms. The van der Waals surface area contributed by atoms with Crippen molar-refractivity contribution in [2.75, 3.05) is 40.4 Å². The molecule has 1 aliphatic heterocycles. The third kappa shape index (κ3) is 6.84. The Morgan fingerprint density at radius 3 is 2.15 bits per heavy atom. The van der Waals surface area contributed by atoms with E-state index < -0.39 is 0 Å². The SMILES string of the molecule is COc1ccc(CN2CCN(C(=O)c3ccc(Oc4ccc(C5CCC(OC)CC5)cc4CO)cc3)CC2)cc1. The van der Waals surface area contributed by atoms with Gasteiger partial charge < -0.3 is 24.2 Å². The van der Waals surface area contributed by atoms with Gasteiger partial charge >= 0.3 is 0 Å². The van der Waals surface area contributed by atoms with Crippen LogP contribution in [0.5, 0.6) is 17.2 Å². The van der Waals surface area contributed by atoms with Gasteiger partial charge in [-0.3, -0.25) is 9.69 Å². The molecule has 0 bridgehead atoms. The number of aliphatic hydroxyl groups excluding tert-OH is 1. The van der Waals surface area contributed by atoms with Crippen molar-refractivity contribution in [3.8, 4) is 17.2 Å². The lowest BCUT2D eigenvalue weighted by Crippen LogP contribution is -2.48. The maximum Gasteiger partial charge on any atom is 0.253 e. The molecule has 0 aromatic heterocycles. The van der Waals surface area contributed by atoms with Crippen LogP contribution >= 0.6 is 0 Å². The standard InChI is InChI=1S/C33H40N2O5/c1-38-29-10-3-24(4-11-29)22-34-17-19-35(20-18-34)33(37)26-7-14-31(15-8-26)40-32-16-9-27(21-28(32)23-36)25-5-12-30(39-2)13-6-25/h3-4,7-11,14-16,21,25,30,36H,5-6,12-13,17-20,22-23H2,1-2H3. The Hall–Kier alpha value is -3.39. The predicted molar refractivity (Wildman–Crippen MR) is 155 cm³/mol. The molecular formula is C33H40N2O5. The van der Waals surface area contributed by atoms with E-state index in [0.29, 0.717) is 42.2 Å². The number of hydrogen-bond donors (Lipinski definition) is 1. The summed E-state index contributed by atoms with van der Waals surface area (Å²) < 4.78 is 16.9. The van der Waals surface area contributed by atoms with E-state index in [-0.39, 0.29) is 12.5 Å². The van der Waals surface area contributed by atoms with Gasteiger partial charge in [0.25, 0.3) is 5.91 Å². The third-order valence-corrected chi connectivity index (χ3v) is 8.29. The molecule has 3 aromatic carbocycles. The van der Waals surface area contributed by atoms with Gasteiger partial charge in [-0.15, -0.1) is 0 Å². The minimum Gasteiger partial charge on any atom is -0.497 e. The van der Waals surface area contributed by atoms with Crippen LogP contribution in [0.1, 0.15) is 58.6 Å². The quantitative estimate of drug-likeness (QED) is 0.378. The monoisotopic (exact) mass is 544 g/mol. The fourth-order valence-corrected chi connectivity index (χ4v) is 5.78. The first-order valence-electron chi connectivity index (χ1n) is 14.2. The number of amides is 1. The summed E-state index contributed by atoms with van der Waals surface area (Å²) in [4.78, 5) is 17.4. The van der Waals surface area contributed by atoms with Crippen molar-refractivity contribution in [3.05, 3.63) is 89.0 Å². The molecule has 1 aliphatic carbocycles. The average Bonchev–Trinajstić information content (AvgIpc) is 3.02. The Labute approximate surface area is 237 Å². The largest absolute Gasteiger partial charge is 0.497 e. The van der Waals surface area contributed by atoms with Gasteiger partial charge in [0.1, 0.15) is 17.2 Å². The summed E-state index contributed by atoms with van der Waals surface area (Å²) in [6.45, 7) is 3.86. The highest BCUT2D eigenvalue weighted by Gasteiger charge is 2.24. The Morgan fingerprint density at radius 1 is 0.850 bits per heavy atom. The smallest absolute Gasteiger partial charge is 0.253 e. The first-order chi connectivity index (χ1) is 19.6. The minimum atomic E-state index is -0.0857. The van der Waals surface area contributed by atoms with Crippen molar-refractivity contribution in [2.24, 2.45) is 0 Å². The molecule has 1 amide bonds. The van der Waals surface area contributed by atoms with Crippen molar-refractivity contribution in [1.82, 2.24) is 9.80 Å². The van der Waals surface area contributed by atoms with Crippen molar-refractivity contribution >= 4 is 5.91 Å². The molecule has 0 spiro atoms. The summed E-state index contributed by atoms with van der Waals surface area (Å²) >= 11 is 0. The summed E-state index contributed by atoms with van der Waals surface area (Å²) in [6, 6.07) is 21.6. The zero-order valence-corrected chi connectivity index (χ0v) is 23.6. The number of piperazine rings is 1. The highest BCUT2D eigenvalue weighted by molar-refractivity contribution is 5.94. The molecule has 0 atom stereocenters. The number of aliphatic hydroxyl groups is 1. The number of ether oxygens (including phenoxy) is 3. The van der Waals surface area contributed by atoms with Crippen LogP contribution in [0.15, 0.2) is 66.7 Å². The highest BCUT2D eigenvalue weighted by atomic mass is 16.5. The normalized spacial score (nSPS) is 19.8. The number of nitrogens with zero attached hydrogens (tertiary/aromatic N) is 2. The number of benzene rings is 3. The molecule has 0 radical (unpaired) electrons. The van der Waals surface area contributed by atoms with Gasteiger partial charge in [-0.05, 0) is 91.3 Å². The summed E-state index contributed by atoms with van der Waals surface area (Å²) in [7, 11) is 3.46. The van der Waals surface area contributed by atoms with Crippen molar-refractivity contribution in [1.29, 1.82) is 0 Å². The second kappa shape index (κ2) is 13.3. The van der Waals surface area contributed by atoms with Gasteiger partial charge in [0.2, 0.25) is 0 Å². The summed E-state index contributed by atoms with van der Waals surface area (Å²) in [5, 5.41) is 10.0. The Bertz CT molecular complexity index is 1240. The average molecular weight is 545 g/mol. The zero-order chi connectivity index (χ0) is 27.9. The molecule has 1 saturated carbocycles. The van der Waals surface area contributed by atoms with Crippen molar-refractivity contribution < 1.29 is 24.1 Å². The van der Waals surface area contributed by atoms with Gasteiger partial charge in [0.15, 0.2) is 0 Å². The van der Waals surface area contributed by atoms with Gasteiger partial charge in [-0.2, -0.15) is 0 Å². The van der Waals surface area contributed by atoms with Crippen molar-refractivity contribution in [3.63, 3.8) is 0 Å². The lowest BCUT2D eigenvalue weighted by Gasteiger charge is -2.34. The number of hydrogen-bond acceptors (Lipinski definition) is 6. The maximum atomic E-state index is 13.1. The third-order valence-electron chi connectivity index (χ3n) is 8.29. The molecule has 212 valence electrons. The fourth-order valence-electron chi connectivity index (χ4n) is 5.78. The van der Waals surface area contributed by atoms with E-state index in [4.69, 9.17) is 14.2 Å². The van der Waals surface area contributed by atoms with Crippen LogP contribution in [0.4, 0.5) is 0 Å². The summed E-state index contributed by atoms with van der Waals surface area (Å²) in [5.74, 6) is 2.67. The molecule has 1 saturated heterocycles. The van der Waals surface area contributed by atoms with Crippen molar-refractivity contribution in [2.45, 2.75) is 50.9 Å². The zero-order valence-electron chi connectivity index (χ0n) is 23.6. The van der Waals surface area contributed by atoms with Gasteiger partial charge in [0, 0.05) is 51.0 Å². The molecule has 5 rings (SSSR count). The van der Waals surface area contributed by atoms with E-state index >= 15 is 0 Å². The van der Waals surface area contributed by atoms with Crippen LogP contribution in [0.2, 0.25) is 0 Å². The maximum absolute atomic E-state index is 13.1. The van der Waals surface area contributed by atoms with Gasteiger partial charge in [0.05, 0.1) is 19.8 Å². The summed E-state index contributed by atoms with van der Waals surface area (Å²) in [6.07, 6.45) is 4.69. The predicted octanol–water partition coefficient (Wildman–Crippen LogP) is 5.61. The minimum absolute atomic E-state index is 0.0410. The highest BCUT2D eigenvalue weighted by Crippen LogP contribution is 2.36. The number of methoxy groups -OCH3 is 2. The molecule has 2 aliphatic rings. The van der Waals surface area contributed by atoms with E-state index in [1.165, 1.54) is 11.1 Å². The molecule has 0 unspecified atom stereocenters. The van der Waals surface area contributed by atoms with E-state index in [1.54, 1.807) is 14.2 Å². The van der Waals surface area contributed by atoms with Gasteiger partial charge in [-0.1, -0.05) is 18.2 Å². The Morgan fingerprint density at radius 2 is 1.52 bits per heavy atom. The summed E-state index contributed by atoms with van der Waals surface area (Å²) in [5.41, 5.74) is 3.92. The topological polar surface area (TPSA) is 71.5 Å². The van der Waals surface area contributed by atoms with Crippen LogP contribution in [0, 0.1) is 0 Å². The van der Waals surface area contributed by atoms with Gasteiger partial charge in [-0.25, -0.2) is 0 Å². The fraction of sp³-hybridized carbons (Fsp3) is 0.424. The number of carbonyl (C=O) groups is 1. The second-order valence-corrected chi connectivity index (χ2v) is 10.8. The molecule has 40 heavy (non-hydrogen) atoms. The first-order valence-corrected chi connectivity index (χ1v) is 14.2. The number of rotatable bonds is 9. The molecule has 2 fully saturated rings. The van der Waals surface area contributed by atoms with Crippen LogP contribution in [-0.4, -0.2) is 67.3 Å². The molecule has 1 heterocycles. The second-order valence-electron chi connectivity index (χ2n) is 10.8. The first kappa shape index (κ1) is 28.1. The van der Waals surface area contributed by atoms with E-state index in [0.717, 1.165) is 56.6 Å².